The number of nitrogens with zero attached hydrogens (tertiary/aromatic N) is 1. The average Bonchev–Trinajstić information content (AvgIpc) is 1.59. The lowest BCUT2D eigenvalue weighted by molar-refractivity contribution is -0.849. The largest absolute Gasteiger partial charge is 0.333 e. The van der Waals surface area contributed by atoms with Crippen LogP contribution in [0.5, 0.6) is 0 Å². The van der Waals surface area contributed by atoms with Crippen molar-refractivity contribution in [2.75, 3.05) is 28.2 Å². The molecular formula is C6H16NO3S+. The number of hydrogen-bond donors (Lipinski definition) is 1. The molecule has 5 heteroatoms. The van der Waals surface area contributed by atoms with Crippen molar-refractivity contribution in [3.05, 3.63) is 12.0 Å². The molecular weight excluding hydrogens is 166 g/mol. The summed E-state index contributed by atoms with van der Waals surface area (Å²) in [5.74, 6) is 0. The van der Waals surface area contributed by atoms with Crippen molar-refractivity contribution in [3.8, 4) is 0 Å². The fourth-order valence-electron chi connectivity index (χ4n) is 0. The van der Waals surface area contributed by atoms with E-state index in [0.29, 0.717) is 5.41 Å². The van der Waals surface area contributed by atoms with E-state index in [9.17, 15) is 8.42 Å². The Kier molecular flexibility index (Phi) is 5.38. The molecule has 0 atom stereocenters. The number of quaternary nitrogens is 1. The Labute approximate surface area is 68.5 Å². The fourth-order valence-corrected chi connectivity index (χ4v) is 0. The van der Waals surface area contributed by atoms with Crippen LogP contribution in [0.2, 0.25) is 0 Å². The van der Waals surface area contributed by atoms with Gasteiger partial charge in [-0.2, -0.15) is 8.42 Å². The van der Waals surface area contributed by atoms with Gasteiger partial charge in [0, 0.05) is 0 Å². The molecule has 0 heterocycles. The molecule has 68 valence electrons. The van der Waals surface area contributed by atoms with Crippen LogP contribution in [0.4, 0.5) is 0 Å². The highest BCUT2D eigenvalue weighted by atomic mass is 32.2. The fraction of sp³-hybridized carbons (Fsp3) is 0.667. The van der Waals surface area contributed by atoms with E-state index in [1.54, 1.807) is 0 Å². The zero-order valence-corrected chi connectivity index (χ0v) is 8.22. The van der Waals surface area contributed by atoms with Gasteiger partial charge in [-0.25, -0.2) is 0 Å². The van der Waals surface area contributed by atoms with E-state index in [2.05, 4.69) is 34.8 Å². The molecule has 0 bridgehead atoms. The van der Waals surface area contributed by atoms with E-state index in [1.165, 1.54) is 0 Å². The van der Waals surface area contributed by atoms with Crippen LogP contribution in [0, 0.1) is 0 Å². The molecule has 0 rings (SSSR count). The molecule has 0 aromatic carbocycles. The minimum Gasteiger partial charge on any atom is -0.333 e. The van der Waals surface area contributed by atoms with Crippen molar-refractivity contribution in [1.82, 2.24) is 0 Å². The molecule has 0 saturated carbocycles. The lowest BCUT2D eigenvalue weighted by Gasteiger charge is -2.14. The Morgan fingerprint density at radius 2 is 1.36 bits per heavy atom. The van der Waals surface area contributed by atoms with E-state index in [1.807, 2.05) is 0 Å². The molecule has 0 spiro atoms. The highest BCUT2D eigenvalue weighted by Gasteiger charge is 1.88. The molecule has 4 nitrogen and oxygen atoms in total. The molecule has 0 fully saturated rings. The van der Waals surface area contributed by atoms with Crippen molar-refractivity contribution in [3.63, 3.8) is 0 Å². The van der Waals surface area contributed by atoms with Crippen LogP contribution in [-0.4, -0.2) is 45.6 Å². The molecule has 0 aromatic heterocycles. The standard InChI is InChI=1S/C4H12N.C2H4O3S/c1-5(2,3)4;1-2-6(3,4)5/h1-4H3;2H,1H2,(H,3,4,5)/q+1;. The SMILES string of the molecule is C=CS(=O)(=O)O.C[N+](C)(C)C. The molecule has 0 saturated heterocycles. The van der Waals surface area contributed by atoms with Gasteiger partial charge in [0.1, 0.15) is 0 Å². The van der Waals surface area contributed by atoms with Crippen LogP contribution < -0.4 is 0 Å². The molecule has 0 aliphatic rings. The Morgan fingerprint density at radius 1 is 1.27 bits per heavy atom. The van der Waals surface area contributed by atoms with Crippen LogP contribution in [-0.2, 0) is 10.1 Å². The predicted molar refractivity (Wildman–Crippen MR) is 45.7 cm³/mol. The Hall–Kier alpha value is -0.390. The topological polar surface area (TPSA) is 54.4 Å². The van der Waals surface area contributed by atoms with Crippen molar-refractivity contribution in [2.24, 2.45) is 0 Å². The third-order valence-electron chi connectivity index (χ3n) is 0.211. The maximum atomic E-state index is 9.44. The van der Waals surface area contributed by atoms with Gasteiger partial charge in [-0.3, -0.25) is 4.55 Å². The first-order chi connectivity index (χ1) is 4.56. The van der Waals surface area contributed by atoms with E-state index >= 15 is 0 Å². The van der Waals surface area contributed by atoms with Crippen LogP contribution >= 0.6 is 0 Å². The van der Waals surface area contributed by atoms with Gasteiger partial charge in [0.2, 0.25) is 0 Å². The van der Waals surface area contributed by atoms with Gasteiger partial charge in [0.25, 0.3) is 10.1 Å². The monoisotopic (exact) mass is 182 g/mol. The maximum absolute atomic E-state index is 9.44. The second kappa shape index (κ2) is 4.48. The van der Waals surface area contributed by atoms with Crippen molar-refractivity contribution >= 4 is 10.1 Å². The zero-order chi connectivity index (χ0) is 9.71. The minimum atomic E-state index is -3.90. The summed E-state index contributed by atoms with van der Waals surface area (Å²) in [5, 5.41) is 0.465. The summed E-state index contributed by atoms with van der Waals surface area (Å²) in [6.07, 6.45) is 0. The van der Waals surface area contributed by atoms with Gasteiger partial charge in [-0.1, -0.05) is 6.58 Å². The first kappa shape index (κ1) is 13.2. The summed E-state index contributed by atoms with van der Waals surface area (Å²) in [5.41, 5.74) is 0. The molecule has 1 N–H and O–H groups in total. The van der Waals surface area contributed by atoms with Crippen molar-refractivity contribution in [2.45, 2.75) is 0 Å². The van der Waals surface area contributed by atoms with Gasteiger partial charge in [0.05, 0.1) is 33.6 Å². The number of rotatable bonds is 1. The summed E-state index contributed by atoms with van der Waals surface area (Å²) in [7, 11) is 4.60. The lowest BCUT2D eigenvalue weighted by Crippen LogP contribution is -2.27. The summed E-state index contributed by atoms with van der Waals surface area (Å²) in [6.45, 7) is 2.79. The van der Waals surface area contributed by atoms with Gasteiger partial charge in [-0.15, -0.1) is 0 Å². The quantitative estimate of drug-likeness (QED) is 0.470. The Balaban J connectivity index is 0. The van der Waals surface area contributed by atoms with E-state index in [-0.39, 0.29) is 0 Å². The summed E-state index contributed by atoms with van der Waals surface area (Å²) < 4.78 is 27.6. The van der Waals surface area contributed by atoms with Gasteiger partial charge < -0.3 is 4.48 Å². The molecule has 11 heavy (non-hydrogen) atoms. The molecule has 0 unspecified atom stereocenters. The maximum Gasteiger partial charge on any atom is 0.287 e. The van der Waals surface area contributed by atoms with Crippen LogP contribution in [0.3, 0.4) is 0 Å². The Bertz CT molecular complexity index is 183. The third-order valence-corrected chi connectivity index (χ3v) is 0.632. The second-order valence-corrected chi connectivity index (χ2v) is 4.73. The van der Waals surface area contributed by atoms with Gasteiger partial charge in [-0.05, 0) is 0 Å². The van der Waals surface area contributed by atoms with Gasteiger partial charge in [0.15, 0.2) is 0 Å². The van der Waals surface area contributed by atoms with Crippen LogP contribution in [0.1, 0.15) is 0 Å². The van der Waals surface area contributed by atoms with Crippen molar-refractivity contribution < 1.29 is 17.5 Å². The average molecular weight is 182 g/mol. The summed E-state index contributed by atoms with van der Waals surface area (Å²) >= 11 is 0. The lowest BCUT2D eigenvalue weighted by atomic mass is 10.8. The van der Waals surface area contributed by atoms with Crippen LogP contribution in [0.15, 0.2) is 12.0 Å². The first-order valence-corrected chi connectivity index (χ1v) is 4.45. The van der Waals surface area contributed by atoms with E-state index in [0.717, 1.165) is 4.48 Å². The van der Waals surface area contributed by atoms with Crippen LogP contribution in [0.25, 0.3) is 0 Å². The number of hydrogen-bond acceptors (Lipinski definition) is 2. The molecule has 0 aliphatic heterocycles. The highest BCUT2D eigenvalue weighted by Crippen LogP contribution is 1.75. The zero-order valence-electron chi connectivity index (χ0n) is 7.40. The first-order valence-electron chi connectivity index (χ1n) is 2.95. The summed E-state index contributed by atoms with van der Waals surface area (Å²) in [4.78, 5) is 0. The predicted octanol–water partition coefficient (Wildman–Crippen LogP) is 0.340. The molecule has 0 amide bonds. The minimum absolute atomic E-state index is 0.465. The second-order valence-electron chi connectivity index (χ2n) is 3.36. The van der Waals surface area contributed by atoms with E-state index in [4.69, 9.17) is 4.55 Å². The van der Waals surface area contributed by atoms with Gasteiger partial charge >= 0.3 is 0 Å². The smallest absolute Gasteiger partial charge is 0.287 e. The van der Waals surface area contributed by atoms with Crippen molar-refractivity contribution in [1.29, 1.82) is 0 Å². The summed E-state index contributed by atoms with van der Waals surface area (Å²) in [6, 6.07) is 0. The molecule has 0 aliphatic carbocycles. The normalized spacial score (nSPS) is 11.4. The molecule has 0 radical (unpaired) electrons. The molecule has 0 aromatic rings. The Morgan fingerprint density at radius 3 is 1.36 bits per heavy atom. The highest BCUT2D eigenvalue weighted by molar-refractivity contribution is 7.88. The van der Waals surface area contributed by atoms with E-state index < -0.39 is 10.1 Å². The third kappa shape index (κ3) is 81.7.